The maximum atomic E-state index is 12.3. The number of halogens is 9. The van der Waals surface area contributed by atoms with Gasteiger partial charge in [0.1, 0.15) is 6.61 Å². The molecule has 3 nitrogen and oxygen atoms in total. The fourth-order valence-corrected chi connectivity index (χ4v) is 0.499. The number of hydrogen-bond acceptors (Lipinski definition) is 2. The highest BCUT2D eigenvalue weighted by Gasteiger charge is 2.75. The van der Waals surface area contributed by atoms with E-state index in [1.807, 2.05) is 0 Å². The lowest BCUT2D eigenvalue weighted by atomic mass is 10.3. The Hall–Kier alpha value is -1.20. The molecular formula is C6H3F9O3. The van der Waals surface area contributed by atoms with Crippen LogP contribution in [-0.2, 0) is 9.53 Å². The van der Waals surface area contributed by atoms with E-state index in [4.69, 9.17) is 5.11 Å². The van der Waals surface area contributed by atoms with Gasteiger partial charge < -0.3 is 9.84 Å². The molecule has 0 fully saturated rings. The minimum Gasteiger partial charge on any atom is -0.477 e. The average Bonchev–Trinajstić information content (AvgIpc) is 2.12. The summed E-state index contributed by atoms with van der Waals surface area (Å²) in [7, 11) is 0. The van der Waals surface area contributed by atoms with Crippen molar-refractivity contribution in [1.29, 1.82) is 0 Å². The second-order valence-electron chi connectivity index (χ2n) is 2.89. The van der Waals surface area contributed by atoms with Gasteiger partial charge in [-0.25, -0.2) is 4.79 Å². The Bertz CT molecular complexity index is 321. The molecule has 0 aromatic heterocycles. The zero-order valence-electron chi connectivity index (χ0n) is 7.87. The largest absolute Gasteiger partial charge is 0.477 e. The fraction of sp³-hybridized carbons (Fsp3) is 0.833. The van der Waals surface area contributed by atoms with Crippen molar-refractivity contribution in [3.8, 4) is 0 Å². The standard InChI is InChI=1S/C6H3F9O3/c7-3(8,2(16)17)1-18-6(14,15)4(9,10)5(11,12)13/h1H2,(H,16,17). The van der Waals surface area contributed by atoms with Crippen molar-refractivity contribution < 1.29 is 54.2 Å². The molecule has 0 aliphatic heterocycles. The van der Waals surface area contributed by atoms with Crippen molar-refractivity contribution in [2.75, 3.05) is 6.61 Å². The molecule has 108 valence electrons. The predicted octanol–water partition coefficient (Wildman–Crippen LogP) is 2.51. The molecule has 0 aliphatic carbocycles. The van der Waals surface area contributed by atoms with Gasteiger partial charge in [0, 0.05) is 0 Å². The number of aliphatic carboxylic acids is 1. The summed E-state index contributed by atoms with van der Waals surface area (Å²) >= 11 is 0. The van der Waals surface area contributed by atoms with Crippen LogP contribution in [0.15, 0.2) is 0 Å². The highest BCUT2D eigenvalue weighted by atomic mass is 19.4. The molecular weight excluding hydrogens is 291 g/mol. The number of hydrogen-bond donors (Lipinski definition) is 1. The summed E-state index contributed by atoms with van der Waals surface area (Å²) in [5, 5.41) is 7.72. The van der Waals surface area contributed by atoms with Gasteiger partial charge >= 0.3 is 30.1 Å². The summed E-state index contributed by atoms with van der Waals surface area (Å²) in [5.41, 5.74) is 0. The SMILES string of the molecule is O=C(O)C(F)(F)COC(F)(F)C(F)(F)C(F)(F)F. The van der Waals surface area contributed by atoms with Crippen molar-refractivity contribution >= 4 is 5.97 Å². The van der Waals surface area contributed by atoms with Gasteiger partial charge in [0.25, 0.3) is 0 Å². The van der Waals surface area contributed by atoms with E-state index in [-0.39, 0.29) is 0 Å². The van der Waals surface area contributed by atoms with Gasteiger partial charge in [0.2, 0.25) is 0 Å². The lowest BCUT2D eigenvalue weighted by molar-refractivity contribution is -0.428. The Morgan fingerprint density at radius 2 is 1.33 bits per heavy atom. The topological polar surface area (TPSA) is 46.5 Å². The Morgan fingerprint density at radius 1 is 0.944 bits per heavy atom. The molecule has 0 saturated carbocycles. The molecule has 0 aliphatic rings. The van der Waals surface area contributed by atoms with Crippen LogP contribution in [-0.4, -0.2) is 41.8 Å². The van der Waals surface area contributed by atoms with E-state index in [1.165, 1.54) is 0 Å². The van der Waals surface area contributed by atoms with Gasteiger partial charge in [0.15, 0.2) is 0 Å². The fourth-order valence-electron chi connectivity index (χ4n) is 0.499. The van der Waals surface area contributed by atoms with Gasteiger partial charge in [0.05, 0.1) is 0 Å². The maximum absolute atomic E-state index is 12.3. The van der Waals surface area contributed by atoms with Crippen LogP contribution in [0.25, 0.3) is 0 Å². The molecule has 0 bridgehead atoms. The van der Waals surface area contributed by atoms with Crippen LogP contribution in [0, 0.1) is 0 Å². The van der Waals surface area contributed by atoms with Crippen LogP contribution >= 0.6 is 0 Å². The smallest absolute Gasteiger partial charge is 0.462 e. The molecule has 0 aromatic carbocycles. The number of alkyl halides is 9. The number of rotatable bonds is 5. The quantitative estimate of drug-likeness (QED) is 0.792. The maximum Gasteiger partial charge on any atom is 0.462 e. The van der Waals surface area contributed by atoms with E-state index in [2.05, 4.69) is 4.74 Å². The first-order valence-electron chi connectivity index (χ1n) is 3.72. The molecule has 18 heavy (non-hydrogen) atoms. The highest BCUT2D eigenvalue weighted by molar-refractivity contribution is 5.75. The summed E-state index contributed by atoms with van der Waals surface area (Å²) in [6.07, 6.45) is -13.1. The third-order valence-electron chi connectivity index (χ3n) is 1.47. The average molecular weight is 294 g/mol. The van der Waals surface area contributed by atoms with Crippen molar-refractivity contribution in [3.63, 3.8) is 0 Å². The van der Waals surface area contributed by atoms with Crippen LogP contribution in [0.5, 0.6) is 0 Å². The molecule has 0 aromatic rings. The number of ether oxygens (including phenoxy) is 1. The van der Waals surface area contributed by atoms with Crippen molar-refractivity contribution in [1.82, 2.24) is 0 Å². The third kappa shape index (κ3) is 3.17. The van der Waals surface area contributed by atoms with Crippen molar-refractivity contribution in [2.24, 2.45) is 0 Å². The molecule has 0 saturated heterocycles. The zero-order valence-corrected chi connectivity index (χ0v) is 7.87. The van der Waals surface area contributed by atoms with E-state index < -0.39 is 36.7 Å². The minimum atomic E-state index is -6.75. The van der Waals surface area contributed by atoms with Crippen LogP contribution in [0.4, 0.5) is 39.5 Å². The second kappa shape index (κ2) is 4.48. The Balaban J connectivity index is 4.94. The van der Waals surface area contributed by atoms with E-state index in [0.29, 0.717) is 0 Å². The van der Waals surface area contributed by atoms with Crippen LogP contribution in [0.1, 0.15) is 0 Å². The summed E-state index contributed by atoms with van der Waals surface area (Å²) in [6, 6.07) is 0. The van der Waals surface area contributed by atoms with Crippen molar-refractivity contribution in [2.45, 2.75) is 24.1 Å². The van der Waals surface area contributed by atoms with E-state index in [0.717, 1.165) is 0 Å². The highest BCUT2D eigenvalue weighted by Crippen LogP contribution is 2.47. The molecule has 0 radical (unpaired) electrons. The van der Waals surface area contributed by atoms with Crippen LogP contribution in [0.3, 0.4) is 0 Å². The monoisotopic (exact) mass is 294 g/mol. The lowest BCUT2D eigenvalue weighted by Crippen LogP contribution is -2.54. The van der Waals surface area contributed by atoms with Crippen LogP contribution in [0.2, 0.25) is 0 Å². The number of carboxylic acids is 1. The third-order valence-corrected chi connectivity index (χ3v) is 1.47. The lowest BCUT2D eigenvalue weighted by Gasteiger charge is -2.28. The molecule has 0 heterocycles. The summed E-state index contributed by atoms with van der Waals surface area (Å²) in [5.74, 6) is -14.8. The normalized spacial score (nSPS) is 14.7. The minimum absolute atomic E-state index is 2.41. The van der Waals surface area contributed by atoms with Crippen molar-refractivity contribution in [3.05, 3.63) is 0 Å². The van der Waals surface area contributed by atoms with E-state index in [9.17, 15) is 44.3 Å². The molecule has 1 N–H and O–H groups in total. The van der Waals surface area contributed by atoms with Gasteiger partial charge in [-0.2, -0.15) is 39.5 Å². The summed E-state index contributed by atoms with van der Waals surface area (Å²) in [4.78, 5) is 9.70. The molecule has 12 heteroatoms. The first kappa shape index (κ1) is 16.8. The molecule has 0 unspecified atom stereocenters. The summed E-state index contributed by atoms with van der Waals surface area (Å²) < 4.78 is 110. The second-order valence-corrected chi connectivity index (χ2v) is 2.89. The Labute approximate surface area is 92.1 Å². The van der Waals surface area contributed by atoms with Gasteiger partial charge in [-0.15, -0.1) is 0 Å². The van der Waals surface area contributed by atoms with Gasteiger partial charge in [-0.3, -0.25) is 0 Å². The number of carboxylic acid groups (broad SMARTS) is 1. The molecule has 0 amide bonds. The molecule has 0 spiro atoms. The first-order valence-corrected chi connectivity index (χ1v) is 3.72. The Morgan fingerprint density at radius 3 is 1.61 bits per heavy atom. The summed E-state index contributed by atoms with van der Waals surface area (Å²) in [6.45, 7) is -2.85. The van der Waals surface area contributed by atoms with E-state index in [1.54, 1.807) is 0 Å². The Kier molecular flexibility index (Phi) is 4.18. The van der Waals surface area contributed by atoms with E-state index >= 15 is 0 Å². The molecule has 0 rings (SSSR count). The predicted molar refractivity (Wildman–Crippen MR) is 34.5 cm³/mol. The molecule has 0 atom stereocenters. The first-order chi connectivity index (χ1) is 7.65. The van der Waals surface area contributed by atoms with Gasteiger partial charge in [-0.1, -0.05) is 0 Å². The van der Waals surface area contributed by atoms with Gasteiger partial charge in [-0.05, 0) is 0 Å². The van der Waals surface area contributed by atoms with Crippen LogP contribution < -0.4 is 0 Å². The number of carbonyl (C=O) groups is 1. The zero-order chi connectivity index (χ0) is 15.0.